The number of sulfonamides is 1. The number of rotatable bonds is 7. The third kappa shape index (κ3) is 4.78. The van der Waals surface area contributed by atoms with Crippen LogP contribution in [0.4, 0.5) is 0 Å². The highest BCUT2D eigenvalue weighted by atomic mass is 32.2. The van der Waals surface area contributed by atoms with E-state index < -0.39 is 10.0 Å². The molecule has 0 radical (unpaired) electrons. The Kier molecular flexibility index (Phi) is 6.77. The van der Waals surface area contributed by atoms with Crippen molar-refractivity contribution in [3.63, 3.8) is 0 Å². The lowest BCUT2D eigenvalue weighted by molar-refractivity contribution is -0.124. The first-order valence-corrected chi connectivity index (χ1v) is 9.83. The quantitative estimate of drug-likeness (QED) is 0.809. The summed E-state index contributed by atoms with van der Waals surface area (Å²) in [6.45, 7) is 6.00. The Bertz CT molecular complexity index is 637. The van der Waals surface area contributed by atoms with Gasteiger partial charge in [0.05, 0.1) is 18.1 Å². The molecular formula is C17H26N2O4S. The average molecular weight is 354 g/mol. The Morgan fingerprint density at radius 1 is 1.25 bits per heavy atom. The molecule has 1 fully saturated rings. The molecule has 0 aliphatic carbocycles. The largest absolute Gasteiger partial charge is 0.379 e. The molecule has 24 heavy (non-hydrogen) atoms. The number of hydrogen-bond acceptors (Lipinski definition) is 4. The maximum absolute atomic E-state index is 12.5. The van der Waals surface area contributed by atoms with E-state index in [4.69, 9.17) is 4.74 Å². The molecule has 2 rings (SSSR count). The number of benzene rings is 1. The Balaban J connectivity index is 1.96. The number of carbonyl (C=O) groups excluding carboxylic acids is 1. The Morgan fingerprint density at radius 3 is 2.46 bits per heavy atom. The lowest BCUT2D eigenvalue weighted by Gasteiger charge is -2.26. The summed E-state index contributed by atoms with van der Waals surface area (Å²) < 4.78 is 31.7. The van der Waals surface area contributed by atoms with Gasteiger partial charge in [-0.05, 0) is 24.1 Å². The molecule has 0 spiro atoms. The van der Waals surface area contributed by atoms with E-state index in [-0.39, 0.29) is 16.7 Å². The second-order valence-corrected chi connectivity index (χ2v) is 8.01. The topological polar surface area (TPSA) is 75.7 Å². The third-order valence-corrected chi connectivity index (χ3v) is 6.08. The zero-order chi connectivity index (χ0) is 17.6. The zero-order valence-electron chi connectivity index (χ0n) is 14.3. The van der Waals surface area contributed by atoms with Crippen molar-refractivity contribution >= 4 is 15.9 Å². The minimum Gasteiger partial charge on any atom is -0.379 e. The highest BCUT2D eigenvalue weighted by Crippen LogP contribution is 2.17. The average Bonchev–Trinajstić information content (AvgIpc) is 2.61. The molecule has 0 bridgehead atoms. The molecule has 1 aromatic carbocycles. The van der Waals surface area contributed by atoms with Gasteiger partial charge in [-0.1, -0.05) is 32.4 Å². The second kappa shape index (κ2) is 8.60. The highest BCUT2D eigenvalue weighted by Gasteiger charge is 2.26. The van der Waals surface area contributed by atoms with E-state index >= 15 is 0 Å². The summed E-state index contributed by atoms with van der Waals surface area (Å²) in [5, 5.41) is 2.89. The molecule has 1 aromatic rings. The normalized spacial score (nSPS) is 17.4. The molecular weight excluding hydrogens is 328 g/mol. The SMILES string of the molecule is CCCC(C)C(=O)NCc1ccc(S(=O)(=O)N2CCOCC2)cc1. The highest BCUT2D eigenvalue weighted by molar-refractivity contribution is 7.89. The molecule has 1 N–H and O–H groups in total. The van der Waals surface area contributed by atoms with Gasteiger partial charge in [0, 0.05) is 25.6 Å². The van der Waals surface area contributed by atoms with Gasteiger partial charge in [-0.25, -0.2) is 8.42 Å². The molecule has 1 heterocycles. The van der Waals surface area contributed by atoms with E-state index in [1.54, 1.807) is 24.3 Å². The van der Waals surface area contributed by atoms with E-state index in [2.05, 4.69) is 12.2 Å². The van der Waals surface area contributed by atoms with Gasteiger partial charge < -0.3 is 10.1 Å². The number of carbonyl (C=O) groups is 1. The second-order valence-electron chi connectivity index (χ2n) is 6.07. The van der Waals surface area contributed by atoms with Crippen LogP contribution in [0.15, 0.2) is 29.2 Å². The fourth-order valence-electron chi connectivity index (χ4n) is 2.64. The van der Waals surface area contributed by atoms with E-state index in [9.17, 15) is 13.2 Å². The van der Waals surface area contributed by atoms with Crippen LogP contribution < -0.4 is 5.32 Å². The number of ether oxygens (including phenoxy) is 1. The van der Waals surface area contributed by atoms with Crippen LogP contribution in [-0.2, 0) is 26.1 Å². The van der Waals surface area contributed by atoms with Crippen LogP contribution in [0, 0.1) is 5.92 Å². The first-order chi connectivity index (χ1) is 11.4. The smallest absolute Gasteiger partial charge is 0.243 e. The van der Waals surface area contributed by atoms with Crippen molar-refractivity contribution in [3.8, 4) is 0 Å². The molecule has 0 saturated carbocycles. The zero-order valence-corrected chi connectivity index (χ0v) is 15.1. The maximum atomic E-state index is 12.5. The Hall–Kier alpha value is -1.44. The van der Waals surface area contributed by atoms with Crippen LogP contribution in [0.1, 0.15) is 32.3 Å². The molecule has 1 saturated heterocycles. The summed E-state index contributed by atoms with van der Waals surface area (Å²) in [6, 6.07) is 6.69. The van der Waals surface area contributed by atoms with Gasteiger partial charge in [-0.3, -0.25) is 4.79 Å². The predicted octanol–water partition coefficient (Wildman–Crippen LogP) is 1.76. The van der Waals surface area contributed by atoms with Gasteiger partial charge in [-0.2, -0.15) is 4.31 Å². The first kappa shape index (κ1) is 18.9. The van der Waals surface area contributed by atoms with Gasteiger partial charge in [0.15, 0.2) is 0 Å². The summed E-state index contributed by atoms with van der Waals surface area (Å²) >= 11 is 0. The summed E-state index contributed by atoms with van der Waals surface area (Å²) in [7, 11) is -3.46. The van der Waals surface area contributed by atoms with Crippen molar-refractivity contribution < 1.29 is 17.9 Å². The van der Waals surface area contributed by atoms with E-state index in [0.29, 0.717) is 32.8 Å². The van der Waals surface area contributed by atoms with E-state index in [1.165, 1.54) is 4.31 Å². The third-order valence-electron chi connectivity index (χ3n) is 4.17. The van der Waals surface area contributed by atoms with Crippen LogP contribution >= 0.6 is 0 Å². The number of nitrogens with zero attached hydrogens (tertiary/aromatic N) is 1. The van der Waals surface area contributed by atoms with E-state index in [1.807, 2.05) is 6.92 Å². The molecule has 1 amide bonds. The van der Waals surface area contributed by atoms with Gasteiger partial charge in [0.1, 0.15) is 0 Å². The summed E-state index contributed by atoms with van der Waals surface area (Å²) in [5.41, 5.74) is 0.882. The predicted molar refractivity (Wildman–Crippen MR) is 91.9 cm³/mol. The van der Waals surface area contributed by atoms with Crippen LogP contribution in [0.5, 0.6) is 0 Å². The molecule has 1 aliphatic rings. The van der Waals surface area contributed by atoms with Gasteiger partial charge in [0.2, 0.25) is 15.9 Å². The molecule has 1 atom stereocenters. The fraction of sp³-hybridized carbons (Fsp3) is 0.588. The Labute approximate surface area is 144 Å². The molecule has 134 valence electrons. The number of amides is 1. The summed E-state index contributed by atoms with van der Waals surface area (Å²) in [5.74, 6) is 0.0258. The van der Waals surface area contributed by atoms with Crippen LogP contribution in [-0.4, -0.2) is 44.9 Å². The number of nitrogens with one attached hydrogen (secondary N) is 1. The van der Waals surface area contributed by atoms with Gasteiger partial charge >= 0.3 is 0 Å². The van der Waals surface area contributed by atoms with Gasteiger partial charge in [-0.15, -0.1) is 0 Å². The summed E-state index contributed by atoms with van der Waals surface area (Å²) in [6.07, 6.45) is 1.84. The molecule has 0 aromatic heterocycles. The fourth-order valence-corrected chi connectivity index (χ4v) is 4.05. The minimum absolute atomic E-state index is 0.00373. The van der Waals surface area contributed by atoms with Crippen molar-refractivity contribution in [2.24, 2.45) is 5.92 Å². The van der Waals surface area contributed by atoms with Crippen LogP contribution in [0.3, 0.4) is 0 Å². The molecule has 1 aliphatic heterocycles. The lowest BCUT2D eigenvalue weighted by Crippen LogP contribution is -2.40. The number of hydrogen-bond donors (Lipinski definition) is 1. The maximum Gasteiger partial charge on any atom is 0.243 e. The molecule has 7 heteroatoms. The van der Waals surface area contributed by atoms with Gasteiger partial charge in [0.25, 0.3) is 0 Å². The van der Waals surface area contributed by atoms with Crippen LogP contribution in [0.25, 0.3) is 0 Å². The van der Waals surface area contributed by atoms with Crippen molar-refractivity contribution in [3.05, 3.63) is 29.8 Å². The monoisotopic (exact) mass is 354 g/mol. The van der Waals surface area contributed by atoms with E-state index in [0.717, 1.165) is 18.4 Å². The number of morpholine rings is 1. The summed E-state index contributed by atoms with van der Waals surface area (Å²) in [4.78, 5) is 12.2. The van der Waals surface area contributed by atoms with Crippen molar-refractivity contribution in [2.45, 2.75) is 38.1 Å². The standard InChI is InChI=1S/C17H26N2O4S/c1-3-4-14(2)17(20)18-13-15-5-7-16(8-6-15)24(21,22)19-9-11-23-12-10-19/h5-8,14H,3-4,9-13H2,1-2H3,(H,18,20). The molecule has 6 nitrogen and oxygen atoms in total. The minimum atomic E-state index is -3.46. The van der Waals surface area contributed by atoms with Crippen molar-refractivity contribution in [2.75, 3.05) is 26.3 Å². The van der Waals surface area contributed by atoms with Crippen molar-refractivity contribution in [1.29, 1.82) is 0 Å². The first-order valence-electron chi connectivity index (χ1n) is 8.39. The van der Waals surface area contributed by atoms with Crippen LogP contribution in [0.2, 0.25) is 0 Å². The van der Waals surface area contributed by atoms with Crippen molar-refractivity contribution in [1.82, 2.24) is 9.62 Å². The molecule has 1 unspecified atom stereocenters. The lowest BCUT2D eigenvalue weighted by atomic mass is 10.1. The Morgan fingerprint density at radius 2 is 1.88 bits per heavy atom.